The SMILES string of the molecule is OCCCN(c1ncc(CO)c2ccccc12)C1CCC1. The molecule has 1 aromatic heterocycles. The van der Waals surface area contributed by atoms with Gasteiger partial charge in [0.05, 0.1) is 6.61 Å². The molecule has 4 heteroatoms. The Bertz CT molecular complexity index is 611. The molecule has 0 spiro atoms. The molecule has 0 amide bonds. The van der Waals surface area contributed by atoms with Gasteiger partial charge in [-0.05, 0) is 31.1 Å². The Morgan fingerprint density at radius 3 is 2.52 bits per heavy atom. The number of fused-ring (bicyclic) bond motifs is 1. The zero-order chi connectivity index (χ0) is 14.7. The number of aromatic nitrogens is 1. The van der Waals surface area contributed by atoms with Crippen LogP contribution in [0.2, 0.25) is 0 Å². The highest BCUT2D eigenvalue weighted by molar-refractivity contribution is 5.94. The van der Waals surface area contributed by atoms with E-state index in [0.717, 1.165) is 35.1 Å². The van der Waals surface area contributed by atoms with Crippen molar-refractivity contribution < 1.29 is 10.2 Å². The van der Waals surface area contributed by atoms with E-state index in [0.29, 0.717) is 6.04 Å². The van der Waals surface area contributed by atoms with Crippen molar-refractivity contribution in [2.75, 3.05) is 18.1 Å². The van der Waals surface area contributed by atoms with Crippen LogP contribution in [0, 0.1) is 0 Å². The van der Waals surface area contributed by atoms with Crippen LogP contribution in [0.25, 0.3) is 10.8 Å². The molecule has 1 aliphatic carbocycles. The van der Waals surface area contributed by atoms with Gasteiger partial charge in [0.25, 0.3) is 0 Å². The molecule has 1 aromatic carbocycles. The van der Waals surface area contributed by atoms with Gasteiger partial charge in [0.1, 0.15) is 5.82 Å². The van der Waals surface area contributed by atoms with E-state index in [1.54, 1.807) is 6.20 Å². The molecule has 0 saturated heterocycles. The fourth-order valence-corrected chi connectivity index (χ4v) is 2.99. The minimum Gasteiger partial charge on any atom is -0.396 e. The van der Waals surface area contributed by atoms with E-state index >= 15 is 0 Å². The summed E-state index contributed by atoms with van der Waals surface area (Å²) in [6.45, 7) is 1.04. The van der Waals surface area contributed by atoms with Crippen LogP contribution in [0.5, 0.6) is 0 Å². The van der Waals surface area contributed by atoms with Crippen molar-refractivity contribution in [1.29, 1.82) is 0 Å². The molecule has 0 unspecified atom stereocenters. The predicted octanol–water partition coefficient (Wildman–Crippen LogP) is 2.47. The van der Waals surface area contributed by atoms with Crippen LogP contribution < -0.4 is 4.90 Å². The van der Waals surface area contributed by atoms with Crippen molar-refractivity contribution in [3.05, 3.63) is 36.0 Å². The van der Waals surface area contributed by atoms with E-state index in [2.05, 4.69) is 16.0 Å². The second-order valence-corrected chi connectivity index (χ2v) is 5.67. The number of benzene rings is 1. The average Bonchev–Trinajstić information content (AvgIpc) is 2.48. The van der Waals surface area contributed by atoms with E-state index in [-0.39, 0.29) is 13.2 Å². The van der Waals surface area contributed by atoms with E-state index in [1.807, 2.05) is 18.2 Å². The van der Waals surface area contributed by atoms with Crippen molar-refractivity contribution in [2.24, 2.45) is 0 Å². The van der Waals surface area contributed by atoms with Gasteiger partial charge in [0.2, 0.25) is 0 Å². The first-order valence-corrected chi connectivity index (χ1v) is 7.70. The quantitative estimate of drug-likeness (QED) is 0.856. The summed E-state index contributed by atoms with van der Waals surface area (Å²) < 4.78 is 0. The molecule has 0 bridgehead atoms. The zero-order valence-corrected chi connectivity index (χ0v) is 12.2. The van der Waals surface area contributed by atoms with Crippen LogP contribution in [-0.2, 0) is 6.61 Å². The summed E-state index contributed by atoms with van der Waals surface area (Å²) in [5, 5.41) is 20.8. The third-order valence-electron chi connectivity index (χ3n) is 4.37. The molecule has 1 saturated carbocycles. The number of hydrogen-bond acceptors (Lipinski definition) is 4. The first kappa shape index (κ1) is 14.3. The molecule has 1 aliphatic rings. The highest BCUT2D eigenvalue weighted by Crippen LogP contribution is 2.33. The summed E-state index contributed by atoms with van der Waals surface area (Å²) in [6.07, 6.45) is 6.20. The van der Waals surface area contributed by atoms with E-state index in [4.69, 9.17) is 5.11 Å². The molecule has 21 heavy (non-hydrogen) atoms. The fourth-order valence-electron chi connectivity index (χ4n) is 2.99. The number of anilines is 1. The fraction of sp³-hybridized carbons (Fsp3) is 0.471. The topological polar surface area (TPSA) is 56.6 Å². The first-order chi connectivity index (χ1) is 10.3. The summed E-state index contributed by atoms with van der Waals surface area (Å²) in [4.78, 5) is 6.95. The van der Waals surface area contributed by atoms with Crippen LogP contribution >= 0.6 is 0 Å². The van der Waals surface area contributed by atoms with Gasteiger partial charge in [-0.2, -0.15) is 0 Å². The number of aliphatic hydroxyl groups excluding tert-OH is 2. The number of nitrogens with zero attached hydrogens (tertiary/aromatic N) is 2. The van der Waals surface area contributed by atoms with E-state index in [9.17, 15) is 5.11 Å². The second kappa shape index (κ2) is 6.41. The Hall–Kier alpha value is -1.65. The number of pyridine rings is 1. The van der Waals surface area contributed by atoms with Crippen LogP contribution in [0.4, 0.5) is 5.82 Å². The standard InChI is InChI=1S/C17H22N2O2/c20-10-4-9-19(14-5-3-6-14)17-16-8-2-1-7-15(16)13(12-21)11-18-17/h1-2,7-8,11,14,20-21H,3-6,9-10,12H2. The summed E-state index contributed by atoms with van der Waals surface area (Å²) in [6, 6.07) is 8.65. The molecule has 1 fully saturated rings. The number of hydrogen-bond donors (Lipinski definition) is 2. The second-order valence-electron chi connectivity index (χ2n) is 5.67. The third-order valence-corrected chi connectivity index (χ3v) is 4.37. The Kier molecular flexibility index (Phi) is 4.36. The summed E-state index contributed by atoms with van der Waals surface area (Å²) in [7, 11) is 0. The van der Waals surface area contributed by atoms with Crippen LogP contribution in [0.1, 0.15) is 31.2 Å². The van der Waals surface area contributed by atoms with E-state index < -0.39 is 0 Å². The smallest absolute Gasteiger partial charge is 0.136 e. The summed E-state index contributed by atoms with van der Waals surface area (Å²) >= 11 is 0. The van der Waals surface area contributed by atoms with Gasteiger partial charge in [-0.15, -0.1) is 0 Å². The predicted molar refractivity (Wildman–Crippen MR) is 84.4 cm³/mol. The van der Waals surface area contributed by atoms with Crippen LogP contribution in [0.3, 0.4) is 0 Å². The largest absolute Gasteiger partial charge is 0.396 e. The first-order valence-electron chi connectivity index (χ1n) is 7.70. The third kappa shape index (κ3) is 2.74. The lowest BCUT2D eigenvalue weighted by atomic mass is 9.91. The van der Waals surface area contributed by atoms with Crippen molar-refractivity contribution in [1.82, 2.24) is 4.98 Å². The zero-order valence-electron chi connectivity index (χ0n) is 12.2. The minimum atomic E-state index is 0.00780. The molecule has 2 aromatic rings. The van der Waals surface area contributed by atoms with Crippen molar-refractivity contribution >= 4 is 16.6 Å². The maximum Gasteiger partial charge on any atom is 0.136 e. The normalized spacial score (nSPS) is 15.1. The maximum absolute atomic E-state index is 9.49. The van der Waals surface area contributed by atoms with Gasteiger partial charge < -0.3 is 15.1 Å². The lowest BCUT2D eigenvalue weighted by molar-refractivity contribution is 0.282. The Labute approximate surface area is 125 Å². The molecule has 0 aliphatic heterocycles. The molecule has 112 valence electrons. The Morgan fingerprint density at radius 1 is 1.14 bits per heavy atom. The summed E-state index contributed by atoms with van der Waals surface area (Å²) in [5.41, 5.74) is 0.866. The molecular formula is C17H22N2O2. The van der Waals surface area contributed by atoms with Crippen LogP contribution in [0.15, 0.2) is 30.5 Å². The van der Waals surface area contributed by atoms with Crippen molar-refractivity contribution in [3.63, 3.8) is 0 Å². The van der Waals surface area contributed by atoms with Crippen molar-refractivity contribution in [2.45, 2.75) is 38.3 Å². The van der Waals surface area contributed by atoms with Gasteiger partial charge in [-0.3, -0.25) is 0 Å². The number of rotatable bonds is 6. The minimum absolute atomic E-state index is 0.00780. The average molecular weight is 286 g/mol. The van der Waals surface area contributed by atoms with Gasteiger partial charge in [0.15, 0.2) is 0 Å². The molecule has 2 N–H and O–H groups in total. The monoisotopic (exact) mass is 286 g/mol. The molecule has 4 nitrogen and oxygen atoms in total. The summed E-state index contributed by atoms with van der Waals surface area (Å²) in [5.74, 6) is 0.987. The lowest BCUT2D eigenvalue weighted by Gasteiger charge is -2.39. The molecule has 3 rings (SSSR count). The highest BCUT2D eigenvalue weighted by atomic mass is 16.3. The highest BCUT2D eigenvalue weighted by Gasteiger charge is 2.27. The molecule has 1 heterocycles. The van der Waals surface area contributed by atoms with Gasteiger partial charge >= 0.3 is 0 Å². The maximum atomic E-state index is 9.49. The van der Waals surface area contributed by atoms with E-state index in [1.165, 1.54) is 19.3 Å². The number of aliphatic hydroxyl groups is 2. The van der Waals surface area contributed by atoms with Gasteiger partial charge in [-0.1, -0.05) is 24.3 Å². The molecular weight excluding hydrogens is 264 g/mol. The van der Waals surface area contributed by atoms with Crippen molar-refractivity contribution in [3.8, 4) is 0 Å². The lowest BCUT2D eigenvalue weighted by Crippen LogP contribution is -2.41. The van der Waals surface area contributed by atoms with Gasteiger partial charge in [-0.25, -0.2) is 4.98 Å². The Morgan fingerprint density at radius 2 is 1.90 bits per heavy atom. The molecule has 0 radical (unpaired) electrons. The van der Waals surface area contributed by atoms with Crippen LogP contribution in [-0.4, -0.2) is 34.4 Å². The Balaban J connectivity index is 2.04. The molecule has 0 atom stereocenters. The van der Waals surface area contributed by atoms with Gasteiger partial charge in [0, 0.05) is 36.3 Å².